The number of carbonyl (C=O) groups excluding carboxylic acids is 2. The van der Waals surface area contributed by atoms with Crippen molar-refractivity contribution >= 4 is 34.0 Å². The second kappa shape index (κ2) is 8.83. The predicted molar refractivity (Wildman–Crippen MR) is 86.2 cm³/mol. The Morgan fingerprint density at radius 3 is 2.64 bits per heavy atom. The number of hydrogen-bond acceptors (Lipinski definition) is 5. The smallest absolute Gasteiger partial charge is 0.329 e. The van der Waals surface area contributed by atoms with Gasteiger partial charge in [-0.1, -0.05) is 6.08 Å². The van der Waals surface area contributed by atoms with Crippen LogP contribution in [0.2, 0.25) is 0 Å². The highest BCUT2D eigenvalue weighted by atomic mass is 79.9. The minimum atomic E-state index is -0.863. The predicted octanol–water partition coefficient (Wildman–Crippen LogP) is 1.22. The van der Waals surface area contributed by atoms with Crippen molar-refractivity contribution in [2.45, 2.75) is 0 Å². The second-order valence-electron chi connectivity index (χ2n) is 3.94. The van der Waals surface area contributed by atoms with Crippen molar-refractivity contribution in [1.29, 1.82) is 0 Å². The fourth-order valence-corrected chi connectivity index (χ4v) is 2.10. The second-order valence-corrected chi connectivity index (χ2v) is 4.79. The summed E-state index contributed by atoms with van der Waals surface area (Å²) in [5, 5.41) is 6.05. The van der Waals surface area contributed by atoms with Crippen LogP contribution < -0.4 is 20.2 Å². The lowest BCUT2D eigenvalue weighted by Gasteiger charge is -2.10. The average molecular weight is 370 g/mol. The minimum absolute atomic E-state index is 0.207. The Morgan fingerprint density at radius 1 is 1.32 bits per heavy atom. The van der Waals surface area contributed by atoms with E-state index < -0.39 is 11.8 Å². The average Bonchev–Trinajstić information content (AvgIpc) is 2.51. The summed E-state index contributed by atoms with van der Waals surface area (Å²) in [6.07, 6.45) is 2.85. The molecule has 1 aromatic carbocycles. The third kappa shape index (κ3) is 4.88. The number of nitrogens with one attached hydrogen (secondary N) is 2. The quantitative estimate of drug-likeness (QED) is 0.341. The number of hydrogen-bond donors (Lipinski definition) is 2. The van der Waals surface area contributed by atoms with Crippen LogP contribution in [-0.4, -0.2) is 38.8 Å². The number of halogens is 1. The van der Waals surface area contributed by atoms with Crippen LogP contribution in [0.3, 0.4) is 0 Å². The van der Waals surface area contributed by atoms with Gasteiger partial charge in [0.2, 0.25) is 0 Å². The SMILES string of the molecule is C=CCNC(=O)C(=O)N/N=C\c1cc(Br)c(OC)c(OC)c1. The van der Waals surface area contributed by atoms with Gasteiger partial charge in [-0.25, -0.2) is 5.43 Å². The van der Waals surface area contributed by atoms with Gasteiger partial charge in [0.15, 0.2) is 11.5 Å². The number of methoxy groups -OCH3 is 2. The first kappa shape index (κ1) is 17.7. The van der Waals surface area contributed by atoms with Crippen LogP contribution in [0.5, 0.6) is 11.5 Å². The van der Waals surface area contributed by atoms with Gasteiger partial charge in [0.05, 0.1) is 24.9 Å². The molecule has 0 aliphatic rings. The van der Waals surface area contributed by atoms with E-state index in [2.05, 4.69) is 38.4 Å². The van der Waals surface area contributed by atoms with Gasteiger partial charge in [-0.15, -0.1) is 6.58 Å². The normalized spacial score (nSPS) is 10.1. The number of hydrazone groups is 1. The van der Waals surface area contributed by atoms with Gasteiger partial charge in [-0.3, -0.25) is 9.59 Å². The molecule has 0 saturated heterocycles. The zero-order chi connectivity index (χ0) is 16.5. The molecule has 7 nitrogen and oxygen atoms in total. The van der Waals surface area contributed by atoms with Crippen molar-refractivity contribution in [3.05, 3.63) is 34.8 Å². The largest absolute Gasteiger partial charge is 0.493 e. The molecule has 0 spiro atoms. The summed E-state index contributed by atoms with van der Waals surface area (Å²) in [5.74, 6) is -0.593. The van der Waals surface area contributed by atoms with Gasteiger partial charge < -0.3 is 14.8 Å². The molecule has 0 saturated carbocycles. The Labute approximate surface area is 136 Å². The van der Waals surface area contributed by atoms with Gasteiger partial charge in [0.25, 0.3) is 0 Å². The summed E-state index contributed by atoms with van der Waals surface area (Å²) in [6.45, 7) is 3.64. The summed E-state index contributed by atoms with van der Waals surface area (Å²) in [5.41, 5.74) is 2.77. The summed E-state index contributed by atoms with van der Waals surface area (Å²) in [4.78, 5) is 22.7. The van der Waals surface area contributed by atoms with Gasteiger partial charge >= 0.3 is 11.8 Å². The van der Waals surface area contributed by atoms with Gasteiger partial charge in [-0.2, -0.15) is 5.10 Å². The van der Waals surface area contributed by atoms with Crippen molar-refractivity contribution in [3.63, 3.8) is 0 Å². The number of nitrogens with zero attached hydrogens (tertiary/aromatic N) is 1. The first-order chi connectivity index (χ1) is 10.5. The van der Waals surface area contributed by atoms with E-state index in [9.17, 15) is 9.59 Å². The molecule has 0 aromatic heterocycles. The van der Waals surface area contributed by atoms with E-state index in [1.165, 1.54) is 26.5 Å². The minimum Gasteiger partial charge on any atom is -0.493 e. The molecule has 8 heteroatoms. The van der Waals surface area contributed by atoms with Crippen molar-refractivity contribution in [2.75, 3.05) is 20.8 Å². The molecule has 2 amide bonds. The molecule has 0 unspecified atom stereocenters. The van der Waals surface area contributed by atoms with E-state index in [0.717, 1.165) is 0 Å². The maximum absolute atomic E-state index is 11.4. The maximum Gasteiger partial charge on any atom is 0.329 e. The Balaban J connectivity index is 2.74. The molecule has 1 aromatic rings. The molecule has 22 heavy (non-hydrogen) atoms. The Morgan fingerprint density at radius 2 is 2.05 bits per heavy atom. The molecule has 2 N–H and O–H groups in total. The Hall–Kier alpha value is -2.35. The summed E-state index contributed by atoms with van der Waals surface area (Å²) >= 11 is 3.34. The van der Waals surface area contributed by atoms with Gasteiger partial charge in [0, 0.05) is 6.54 Å². The Kier molecular flexibility index (Phi) is 7.11. The molecule has 0 fully saturated rings. The van der Waals surface area contributed by atoms with Crippen molar-refractivity contribution in [2.24, 2.45) is 5.10 Å². The highest BCUT2D eigenvalue weighted by Crippen LogP contribution is 2.35. The van der Waals surface area contributed by atoms with E-state index >= 15 is 0 Å². The topological polar surface area (TPSA) is 89.0 Å². The molecule has 1 rings (SSSR count). The third-order valence-corrected chi connectivity index (χ3v) is 3.04. The van der Waals surface area contributed by atoms with E-state index in [1.807, 2.05) is 0 Å². The summed E-state index contributed by atoms with van der Waals surface area (Å²) in [6, 6.07) is 3.41. The molecule has 0 atom stereocenters. The number of ether oxygens (including phenoxy) is 2. The standard InChI is InChI=1S/C14H16BrN3O4/c1-4-5-16-13(19)14(20)18-17-8-9-6-10(15)12(22-3)11(7-9)21-2/h4,6-8H,1,5H2,2-3H3,(H,16,19)(H,18,20)/b17-8-. The number of amides is 2. The molecule has 0 heterocycles. The maximum atomic E-state index is 11.4. The van der Waals surface area contributed by atoms with E-state index in [-0.39, 0.29) is 6.54 Å². The van der Waals surface area contributed by atoms with Gasteiger partial charge in [-0.05, 0) is 33.6 Å². The zero-order valence-corrected chi connectivity index (χ0v) is 13.8. The zero-order valence-electron chi connectivity index (χ0n) is 12.2. The van der Waals surface area contributed by atoms with Crippen LogP contribution in [0.1, 0.15) is 5.56 Å². The van der Waals surface area contributed by atoms with Crippen LogP contribution in [0, 0.1) is 0 Å². The highest BCUT2D eigenvalue weighted by molar-refractivity contribution is 9.10. The van der Waals surface area contributed by atoms with E-state index in [0.29, 0.717) is 21.5 Å². The van der Waals surface area contributed by atoms with Crippen molar-refractivity contribution < 1.29 is 19.1 Å². The molecule has 0 aliphatic carbocycles. The molecule has 0 bridgehead atoms. The monoisotopic (exact) mass is 369 g/mol. The summed E-state index contributed by atoms with van der Waals surface area (Å²) in [7, 11) is 3.04. The van der Waals surface area contributed by atoms with Crippen LogP contribution in [-0.2, 0) is 9.59 Å². The lowest BCUT2D eigenvalue weighted by atomic mass is 10.2. The lowest BCUT2D eigenvalue weighted by Crippen LogP contribution is -2.37. The van der Waals surface area contributed by atoms with E-state index in [1.54, 1.807) is 12.1 Å². The molecule has 118 valence electrons. The number of rotatable bonds is 6. The molecular formula is C14H16BrN3O4. The first-order valence-corrected chi connectivity index (χ1v) is 6.96. The third-order valence-electron chi connectivity index (χ3n) is 2.45. The number of benzene rings is 1. The highest BCUT2D eigenvalue weighted by Gasteiger charge is 2.11. The Bertz CT molecular complexity index is 602. The van der Waals surface area contributed by atoms with Crippen LogP contribution >= 0.6 is 15.9 Å². The van der Waals surface area contributed by atoms with Crippen LogP contribution in [0.4, 0.5) is 0 Å². The van der Waals surface area contributed by atoms with Gasteiger partial charge in [0.1, 0.15) is 0 Å². The summed E-state index contributed by atoms with van der Waals surface area (Å²) < 4.78 is 11.0. The van der Waals surface area contributed by atoms with Crippen LogP contribution in [0.15, 0.2) is 34.4 Å². The molecule has 0 radical (unpaired) electrons. The fourth-order valence-electron chi connectivity index (χ4n) is 1.47. The fraction of sp³-hybridized carbons (Fsp3) is 0.214. The first-order valence-electron chi connectivity index (χ1n) is 6.17. The number of carbonyl (C=O) groups is 2. The lowest BCUT2D eigenvalue weighted by molar-refractivity contribution is -0.139. The molecule has 0 aliphatic heterocycles. The van der Waals surface area contributed by atoms with Crippen LogP contribution in [0.25, 0.3) is 0 Å². The van der Waals surface area contributed by atoms with Crippen molar-refractivity contribution in [1.82, 2.24) is 10.7 Å². The molecular weight excluding hydrogens is 354 g/mol. The van der Waals surface area contributed by atoms with E-state index in [4.69, 9.17) is 9.47 Å². The van der Waals surface area contributed by atoms with Crippen molar-refractivity contribution in [3.8, 4) is 11.5 Å².